The number of amides is 2. The molecule has 1 unspecified atom stereocenters. The van der Waals surface area contributed by atoms with Crippen LogP contribution in [0.5, 0.6) is 0 Å². The van der Waals surface area contributed by atoms with Crippen LogP contribution in [0.2, 0.25) is 0 Å². The highest BCUT2D eigenvalue weighted by atomic mass is 32.2. The number of nitrogens with two attached hydrogens (primary N) is 1. The number of anilines is 2. The first kappa shape index (κ1) is 22.1. The number of carbonyl (C=O) groups excluding carboxylic acids is 2. The van der Waals surface area contributed by atoms with Crippen molar-refractivity contribution in [3.63, 3.8) is 0 Å². The van der Waals surface area contributed by atoms with E-state index >= 15 is 0 Å². The van der Waals surface area contributed by atoms with Crippen molar-refractivity contribution in [3.05, 3.63) is 70.2 Å². The van der Waals surface area contributed by atoms with E-state index in [4.69, 9.17) is 5.14 Å². The number of nitrogens with one attached hydrogen (secondary N) is 2. The molecule has 0 saturated heterocycles. The minimum Gasteiger partial charge on any atom is -0.326 e. The summed E-state index contributed by atoms with van der Waals surface area (Å²) in [5.74, 6) is -0.916. The van der Waals surface area contributed by atoms with Crippen molar-refractivity contribution in [2.24, 2.45) is 5.14 Å². The molecule has 8 nitrogen and oxygen atoms in total. The largest absolute Gasteiger partial charge is 0.326 e. The van der Waals surface area contributed by atoms with Gasteiger partial charge < -0.3 is 5.32 Å². The molecule has 0 spiro atoms. The van der Waals surface area contributed by atoms with Crippen molar-refractivity contribution in [2.75, 3.05) is 10.6 Å². The molecule has 4 N–H and O–H groups in total. The fraction of sp³-hybridized carbons (Fsp3) is 0.227. The van der Waals surface area contributed by atoms with Gasteiger partial charge in [0.1, 0.15) is 0 Å². The van der Waals surface area contributed by atoms with Crippen molar-refractivity contribution in [2.45, 2.75) is 37.0 Å². The van der Waals surface area contributed by atoms with Crippen LogP contribution >= 0.6 is 11.3 Å². The Kier molecular flexibility index (Phi) is 6.09. The highest BCUT2D eigenvalue weighted by Gasteiger charge is 2.30. The second kappa shape index (κ2) is 8.81. The van der Waals surface area contributed by atoms with E-state index in [-0.39, 0.29) is 16.7 Å². The standard InChI is InChI=1S/C22H22N4O4S2/c1-13-5-7-14(8-6-13)20(27)26-22-25-19-17(3-2-4-18(19)31-22)21(28)24-15-9-11-16(12-10-15)32(23,29)30/h5-12,17H,2-4H2,1H3,(H,24,28)(H2,23,29,30)(H,25,26,27). The summed E-state index contributed by atoms with van der Waals surface area (Å²) in [6, 6.07) is 12.9. The third kappa shape index (κ3) is 4.87. The highest BCUT2D eigenvalue weighted by Crippen LogP contribution is 2.37. The summed E-state index contributed by atoms with van der Waals surface area (Å²) in [4.78, 5) is 31.0. The van der Waals surface area contributed by atoms with Gasteiger partial charge in [0.2, 0.25) is 15.9 Å². The van der Waals surface area contributed by atoms with Gasteiger partial charge in [-0.1, -0.05) is 17.7 Å². The van der Waals surface area contributed by atoms with E-state index in [0.717, 1.165) is 23.3 Å². The molecule has 1 aliphatic rings. The lowest BCUT2D eigenvalue weighted by Gasteiger charge is -2.20. The van der Waals surface area contributed by atoms with Crippen LogP contribution in [-0.4, -0.2) is 25.2 Å². The summed E-state index contributed by atoms with van der Waals surface area (Å²) in [5, 5.41) is 11.2. The van der Waals surface area contributed by atoms with Crippen LogP contribution in [0.3, 0.4) is 0 Å². The molecular formula is C22H22N4O4S2. The third-order valence-corrected chi connectivity index (χ3v) is 7.23. The minimum atomic E-state index is -3.79. The average Bonchev–Trinajstić information content (AvgIpc) is 3.16. The molecule has 1 atom stereocenters. The van der Waals surface area contributed by atoms with Crippen molar-refractivity contribution in [1.82, 2.24) is 4.98 Å². The SMILES string of the molecule is Cc1ccc(C(=O)Nc2nc3c(s2)CCCC3C(=O)Nc2ccc(S(N)(=O)=O)cc2)cc1. The molecule has 1 heterocycles. The van der Waals surface area contributed by atoms with E-state index in [9.17, 15) is 18.0 Å². The number of rotatable bonds is 5. The van der Waals surface area contributed by atoms with Gasteiger partial charge in [-0.3, -0.25) is 14.9 Å². The summed E-state index contributed by atoms with van der Waals surface area (Å²) in [7, 11) is -3.79. The number of carbonyl (C=O) groups is 2. The zero-order chi connectivity index (χ0) is 22.9. The quantitative estimate of drug-likeness (QED) is 0.526. The van der Waals surface area contributed by atoms with E-state index in [1.807, 2.05) is 19.1 Å². The number of nitrogens with zero attached hydrogens (tertiary/aromatic N) is 1. The van der Waals surface area contributed by atoms with Crippen molar-refractivity contribution >= 4 is 44.0 Å². The Morgan fingerprint density at radius 2 is 1.75 bits per heavy atom. The second-order valence-electron chi connectivity index (χ2n) is 7.65. The smallest absolute Gasteiger partial charge is 0.257 e. The lowest BCUT2D eigenvalue weighted by molar-refractivity contribution is -0.117. The minimum absolute atomic E-state index is 0.0242. The van der Waals surface area contributed by atoms with Crippen LogP contribution in [-0.2, 0) is 21.2 Å². The molecule has 0 bridgehead atoms. The number of hydrogen-bond donors (Lipinski definition) is 3. The summed E-state index contributed by atoms with van der Waals surface area (Å²) < 4.78 is 22.8. The molecule has 2 aromatic carbocycles. The molecule has 0 aliphatic heterocycles. The predicted molar refractivity (Wildman–Crippen MR) is 123 cm³/mol. The molecule has 10 heteroatoms. The Labute approximate surface area is 189 Å². The highest BCUT2D eigenvalue weighted by molar-refractivity contribution is 7.89. The van der Waals surface area contributed by atoms with Gasteiger partial charge in [0.25, 0.3) is 5.91 Å². The van der Waals surface area contributed by atoms with Crippen LogP contribution in [0.25, 0.3) is 0 Å². The van der Waals surface area contributed by atoms with E-state index in [1.54, 1.807) is 12.1 Å². The topological polar surface area (TPSA) is 131 Å². The molecule has 1 aliphatic carbocycles. The second-order valence-corrected chi connectivity index (χ2v) is 10.3. The summed E-state index contributed by atoms with van der Waals surface area (Å²) >= 11 is 1.39. The van der Waals surface area contributed by atoms with Gasteiger partial charge in [0.05, 0.1) is 16.5 Å². The lowest BCUT2D eigenvalue weighted by atomic mass is 9.90. The number of aromatic nitrogens is 1. The molecule has 0 radical (unpaired) electrons. The molecule has 0 saturated carbocycles. The number of fused-ring (bicyclic) bond motifs is 1. The molecular weight excluding hydrogens is 448 g/mol. The van der Waals surface area contributed by atoms with E-state index in [1.165, 1.54) is 35.6 Å². The number of benzene rings is 2. The van der Waals surface area contributed by atoms with E-state index < -0.39 is 15.9 Å². The van der Waals surface area contributed by atoms with Gasteiger partial charge in [-0.15, -0.1) is 11.3 Å². The fourth-order valence-electron chi connectivity index (χ4n) is 3.56. The first-order chi connectivity index (χ1) is 15.2. The number of aryl methyl sites for hydroxylation is 2. The Bertz CT molecular complexity index is 1270. The van der Waals surface area contributed by atoms with Gasteiger partial charge in [-0.25, -0.2) is 18.5 Å². The number of thiazole rings is 1. The maximum Gasteiger partial charge on any atom is 0.257 e. The zero-order valence-electron chi connectivity index (χ0n) is 17.3. The molecule has 4 rings (SSSR count). The summed E-state index contributed by atoms with van der Waals surface area (Å²) in [6.07, 6.45) is 2.28. The normalized spacial score (nSPS) is 15.6. The van der Waals surface area contributed by atoms with E-state index in [0.29, 0.717) is 28.5 Å². The molecule has 2 amide bonds. The van der Waals surface area contributed by atoms with Crippen LogP contribution in [0.15, 0.2) is 53.4 Å². The Hall–Kier alpha value is -3.08. The summed E-state index contributed by atoms with van der Waals surface area (Å²) in [6.45, 7) is 1.95. The van der Waals surface area contributed by atoms with Gasteiger partial charge in [-0.05, 0) is 62.6 Å². The van der Waals surface area contributed by atoms with Gasteiger partial charge in [-0.2, -0.15) is 0 Å². The fourth-order valence-corrected chi connectivity index (χ4v) is 5.13. The summed E-state index contributed by atoms with van der Waals surface area (Å²) in [5.41, 5.74) is 2.76. The third-order valence-electron chi connectivity index (χ3n) is 5.26. The maximum absolute atomic E-state index is 12.9. The van der Waals surface area contributed by atoms with Crippen molar-refractivity contribution in [3.8, 4) is 0 Å². The van der Waals surface area contributed by atoms with Crippen LogP contribution in [0.4, 0.5) is 10.8 Å². The van der Waals surface area contributed by atoms with Crippen molar-refractivity contribution < 1.29 is 18.0 Å². The van der Waals surface area contributed by atoms with Crippen LogP contribution in [0, 0.1) is 6.92 Å². The van der Waals surface area contributed by atoms with E-state index in [2.05, 4.69) is 15.6 Å². The van der Waals surface area contributed by atoms with Gasteiger partial charge in [0.15, 0.2) is 5.13 Å². The lowest BCUT2D eigenvalue weighted by Crippen LogP contribution is -2.24. The van der Waals surface area contributed by atoms with Crippen LogP contribution in [0.1, 0.15) is 45.3 Å². The Morgan fingerprint density at radius 3 is 2.41 bits per heavy atom. The van der Waals surface area contributed by atoms with Crippen molar-refractivity contribution in [1.29, 1.82) is 0 Å². The molecule has 0 fully saturated rings. The zero-order valence-corrected chi connectivity index (χ0v) is 18.9. The maximum atomic E-state index is 12.9. The average molecular weight is 471 g/mol. The Morgan fingerprint density at radius 1 is 1.06 bits per heavy atom. The van der Waals surface area contributed by atoms with Crippen LogP contribution < -0.4 is 15.8 Å². The number of primary sulfonamides is 1. The molecule has 3 aromatic rings. The molecule has 1 aromatic heterocycles. The predicted octanol–water partition coefficient (Wildman–Crippen LogP) is 3.41. The van der Waals surface area contributed by atoms with Gasteiger partial charge >= 0.3 is 0 Å². The number of sulfonamides is 1. The van der Waals surface area contributed by atoms with Gasteiger partial charge in [0, 0.05) is 16.1 Å². The first-order valence-electron chi connectivity index (χ1n) is 10.0. The number of hydrogen-bond acceptors (Lipinski definition) is 6. The first-order valence-corrected chi connectivity index (χ1v) is 12.4. The molecule has 166 valence electrons. The Balaban J connectivity index is 1.48. The monoisotopic (exact) mass is 470 g/mol. The molecule has 32 heavy (non-hydrogen) atoms.